The molecule has 0 aromatic heterocycles. The Labute approximate surface area is 190 Å². The van der Waals surface area contributed by atoms with Crippen molar-refractivity contribution in [3.8, 4) is 0 Å². The highest BCUT2D eigenvalue weighted by Gasteiger charge is 2.29. The zero-order chi connectivity index (χ0) is 20.2. The van der Waals surface area contributed by atoms with Gasteiger partial charge >= 0.3 is 11.9 Å². The number of aliphatic hydroxyl groups excluding tert-OH is 1. The molecule has 1 rings (SSSR count). The molecule has 3 N–H and O–H groups in total. The van der Waals surface area contributed by atoms with Crippen LogP contribution in [0.3, 0.4) is 0 Å². The second-order valence-corrected chi connectivity index (χ2v) is 8.30. The zero-order valence-electron chi connectivity index (χ0n) is 13.9. The monoisotopic (exact) mass is 700 g/mol. The third-order valence-electron chi connectivity index (χ3n) is 2.98. The maximum atomic E-state index is 12.5. The number of hydrogen-bond donors (Lipinski definition) is 3. The van der Waals surface area contributed by atoms with Crippen molar-refractivity contribution in [2.24, 2.45) is 0 Å². The van der Waals surface area contributed by atoms with Crippen molar-refractivity contribution in [2.75, 3.05) is 10.6 Å². The number of ether oxygens (including phenoxy) is 1. The molecule has 142 valence electrons. The summed E-state index contributed by atoms with van der Waals surface area (Å²) in [6, 6.07) is 0. The minimum Gasteiger partial charge on any atom is -0.387 e. The number of amides is 2. The lowest BCUT2D eigenvalue weighted by Crippen LogP contribution is -2.26. The largest absolute Gasteiger partial charge is 0.387 e. The van der Waals surface area contributed by atoms with Gasteiger partial charge in [0, 0.05) is 13.8 Å². The molecule has 0 saturated heterocycles. The van der Waals surface area contributed by atoms with Crippen LogP contribution in [0.1, 0.15) is 37.6 Å². The summed E-state index contributed by atoms with van der Waals surface area (Å²) in [5, 5.41) is 14.7. The van der Waals surface area contributed by atoms with E-state index in [1.54, 1.807) is 6.92 Å². The molecule has 1 aromatic carbocycles. The Balaban J connectivity index is 3.54. The molecule has 1 unspecified atom stereocenters. The lowest BCUT2D eigenvalue weighted by atomic mass is 10.1. The molecular formula is C15H15I3N2O6. The average molecular weight is 700 g/mol. The third kappa shape index (κ3) is 5.72. The predicted molar refractivity (Wildman–Crippen MR) is 120 cm³/mol. The van der Waals surface area contributed by atoms with Crippen molar-refractivity contribution in [3.05, 3.63) is 16.3 Å². The van der Waals surface area contributed by atoms with Gasteiger partial charge in [0.25, 0.3) is 0 Å². The molecular weight excluding hydrogens is 685 g/mol. The molecule has 0 heterocycles. The number of rotatable bonds is 5. The molecule has 0 saturated carbocycles. The maximum Gasteiger partial charge on any atom is 0.348 e. The quantitative estimate of drug-likeness (QED) is 0.247. The van der Waals surface area contributed by atoms with Gasteiger partial charge in [-0.25, -0.2) is 9.59 Å². The van der Waals surface area contributed by atoms with Gasteiger partial charge in [-0.15, -0.1) is 0 Å². The van der Waals surface area contributed by atoms with E-state index in [0.29, 0.717) is 22.1 Å². The first kappa shape index (κ1) is 23.5. The van der Waals surface area contributed by atoms with Crippen molar-refractivity contribution < 1.29 is 29.0 Å². The number of hydrogen-bond acceptors (Lipinski definition) is 6. The Morgan fingerprint density at radius 2 is 1.38 bits per heavy atom. The zero-order valence-corrected chi connectivity index (χ0v) is 20.4. The number of carbonyl (C=O) groups excluding carboxylic acids is 4. The minimum absolute atomic E-state index is 0.00997. The van der Waals surface area contributed by atoms with Crippen LogP contribution in [0, 0.1) is 10.7 Å². The first-order valence-electron chi connectivity index (χ1n) is 7.20. The fourth-order valence-corrected chi connectivity index (χ4v) is 5.94. The minimum atomic E-state index is -1.41. The topological polar surface area (TPSA) is 122 Å². The number of esters is 2. The summed E-state index contributed by atoms with van der Waals surface area (Å²) in [5.74, 6) is -2.78. The van der Waals surface area contributed by atoms with Gasteiger partial charge in [-0.1, -0.05) is 6.92 Å². The van der Waals surface area contributed by atoms with E-state index in [1.807, 2.05) is 67.8 Å². The molecule has 0 aliphatic carbocycles. The molecule has 26 heavy (non-hydrogen) atoms. The van der Waals surface area contributed by atoms with Gasteiger partial charge in [-0.2, -0.15) is 0 Å². The summed E-state index contributed by atoms with van der Waals surface area (Å²) in [7, 11) is 0. The Bertz CT molecular complexity index is 738. The molecule has 1 atom stereocenters. The maximum absolute atomic E-state index is 12.5. The standard InChI is InChI=1S/C15H15I3N2O6/c1-4-7(23)14(24)26-15(25)8-9(16)12(19-5(2)21)11(18)13(10(8)17)20-6(3)22/h7,23H,4H2,1-3H3,(H,19,21)(H,20,22). The number of carbonyl (C=O) groups is 4. The summed E-state index contributed by atoms with van der Waals surface area (Å²) in [4.78, 5) is 47.3. The lowest BCUT2D eigenvalue weighted by molar-refractivity contribution is -0.147. The van der Waals surface area contributed by atoms with Crippen molar-refractivity contribution >= 4 is 103 Å². The first-order valence-corrected chi connectivity index (χ1v) is 10.4. The predicted octanol–water partition coefficient (Wildman–Crippen LogP) is 2.87. The first-order chi connectivity index (χ1) is 12.0. The normalized spacial score (nSPS) is 11.5. The fraction of sp³-hybridized carbons (Fsp3) is 0.333. The van der Waals surface area contributed by atoms with Crippen molar-refractivity contribution in [1.82, 2.24) is 0 Å². The van der Waals surface area contributed by atoms with E-state index in [1.165, 1.54) is 13.8 Å². The molecule has 0 radical (unpaired) electrons. The van der Waals surface area contributed by atoms with Gasteiger partial charge in [0.05, 0.1) is 27.6 Å². The molecule has 8 nitrogen and oxygen atoms in total. The van der Waals surface area contributed by atoms with E-state index in [4.69, 9.17) is 4.74 Å². The highest BCUT2D eigenvalue weighted by atomic mass is 127. The molecule has 2 amide bonds. The summed E-state index contributed by atoms with van der Waals surface area (Å²) in [6.07, 6.45) is -1.32. The van der Waals surface area contributed by atoms with Gasteiger partial charge < -0.3 is 20.5 Å². The SMILES string of the molecule is CCC(O)C(=O)OC(=O)c1c(I)c(NC(C)=O)c(I)c(NC(C)=O)c1I. The van der Waals surface area contributed by atoms with Crippen LogP contribution in [0.2, 0.25) is 0 Å². The Morgan fingerprint density at radius 3 is 1.73 bits per heavy atom. The van der Waals surface area contributed by atoms with E-state index in [-0.39, 0.29) is 23.8 Å². The van der Waals surface area contributed by atoms with E-state index in [2.05, 4.69) is 10.6 Å². The Morgan fingerprint density at radius 1 is 0.962 bits per heavy atom. The molecule has 1 aromatic rings. The van der Waals surface area contributed by atoms with Crippen LogP contribution >= 0.6 is 67.8 Å². The second kappa shape index (κ2) is 10.1. The van der Waals surface area contributed by atoms with Gasteiger partial charge in [-0.3, -0.25) is 9.59 Å². The number of halogens is 3. The molecule has 0 spiro atoms. The number of anilines is 2. The van der Waals surface area contributed by atoms with Crippen LogP contribution in [0.4, 0.5) is 11.4 Å². The van der Waals surface area contributed by atoms with Crippen LogP contribution in [0.5, 0.6) is 0 Å². The van der Waals surface area contributed by atoms with Gasteiger partial charge in [0.2, 0.25) is 11.8 Å². The third-order valence-corrected chi connectivity index (χ3v) is 6.21. The van der Waals surface area contributed by atoms with Gasteiger partial charge in [0.1, 0.15) is 0 Å². The smallest absolute Gasteiger partial charge is 0.348 e. The Hall–Kier alpha value is -0.550. The van der Waals surface area contributed by atoms with Gasteiger partial charge in [-0.05, 0) is 74.2 Å². The van der Waals surface area contributed by atoms with Crippen molar-refractivity contribution in [1.29, 1.82) is 0 Å². The highest BCUT2D eigenvalue weighted by molar-refractivity contribution is 14.1. The van der Waals surface area contributed by atoms with Crippen LogP contribution in [0.15, 0.2) is 0 Å². The number of benzene rings is 1. The Kier molecular flexibility index (Phi) is 9.14. The fourth-order valence-electron chi connectivity index (χ4n) is 1.79. The van der Waals surface area contributed by atoms with E-state index < -0.39 is 18.0 Å². The molecule has 0 fully saturated rings. The molecule has 11 heteroatoms. The molecule has 0 bridgehead atoms. The second-order valence-electron chi connectivity index (χ2n) is 5.06. The van der Waals surface area contributed by atoms with Crippen LogP contribution in [0.25, 0.3) is 0 Å². The molecule has 0 aliphatic heterocycles. The average Bonchev–Trinajstić information content (AvgIpc) is 2.54. The van der Waals surface area contributed by atoms with Gasteiger partial charge in [0.15, 0.2) is 6.10 Å². The number of nitrogens with one attached hydrogen (secondary N) is 2. The van der Waals surface area contributed by atoms with Crippen molar-refractivity contribution in [3.63, 3.8) is 0 Å². The van der Waals surface area contributed by atoms with E-state index >= 15 is 0 Å². The summed E-state index contributed by atoms with van der Waals surface area (Å²) < 4.78 is 5.97. The van der Waals surface area contributed by atoms with Crippen LogP contribution in [-0.4, -0.2) is 35.0 Å². The van der Waals surface area contributed by atoms with Crippen molar-refractivity contribution in [2.45, 2.75) is 33.3 Å². The highest BCUT2D eigenvalue weighted by Crippen LogP contribution is 2.39. The summed E-state index contributed by atoms with van der Waals surface area (Å²) >= 11 is 5.65. The van der Waals surface area contributed by atoms with Crippen LogP contribution in [-0.2, 0) is 19.1 Å². The van der Waals surface area contributed by atoms with E-state index in [0.717, 1.165) is 0 Å². The summed E-state index contributed by atoms with van der Waals surface area (Å²) in [5.41, 5.74) is 0.646. The lowest BCUT2D eigenvalue weighted by Gasteiger charge is -2.19. The summed E-state index contributed by atoms with van der Waals surface area (Å²) in [6.45, 7) is 4.18. The van der Waals surface area contributed by atoms with Crippen LogP contribution < -0.4 is 10.6 Å². The number of aliphatic hydroxyl groups is 1. The van der Waals surface area contributed by atoms with E-state index in [9.17, 15) is 24.3 Å². The molecule has 0 aliphatic rings.